The Morgan fingerprint density at radius 2 is 2.11 bits per heavy atom. The summed E-state index contributed by atoms with van der Waals surface area (Å²) in [5, 5.41) is 15.2. The van der Waals surface area contributed by atoms with E-state index in [1.54, 1.807) is 0 Å². The van der Waals surface area contributed by atoms with Crippen LogP contribution in [0.4, 0.5) is 0 Å². The van der Waals surface area contributed by atoms with Gasteiger partial charge in [-0.3, -0.25) is 9.59 Å². The first-order chi connectivity index (χ1) is 8.54. The predicted molar refractivity (Wildman–Crippen MR) is 66.8 cm³/mol. The molecule has 1 aliphatic heterocycles. The molecule has 2 rings (SSSR count). The van der Waals surface area contributed by atoms with Crippen molar-refractivity contribution in [1.29, 1.82) is 0 Å². The SMILES string of the molecule is CC1CCC(CO)(NC(=O)C2CCC(=O)N2)CC1. The van der Waals surface area contributed by atoms with Crippen LogP contribution < -0.4 is 10.6 Å². The maximum atomic E-state index is 12.1. The van der Waals surface area contributed by atoms with Crippen molar-refractivity contribution in [2.75, 3.05) is 6.61 Å². The Bertz CT molecular complexity index is 335. The molecule has 0 aromatic heterocycles. The van der Waals surface area contributed by atoms with Crippen molar-refractivity contribution in [3.63, 3.8) is 0 Å². The summed E-state index contributed by atoms with van der Waals surface area (Å²) in [6, 6.07) is -0.416. The van der Waals surface area contributed by atoms with Crippen LogP contribution in [0.5, 0.6) is 0 Å². The molecule has 102 valence electrons. The lowest BCUT2D eigenvalue weighted by Gasteiger charge is -2.39. The van der Waals surface area contributed by atoms with Crippen LogP contribution >= 0.6 is 0 Å². The molecule has 1 saturated carbocycles. The zero-order valence-corrected chi connectivity index (χ0v) is 10.9. The third kappa shape index (κ3) is 2.83. The van der Waals surface area contributed by atoms with E-state index in [4.69, 9.17) is 0 Å². The molecule has 18 heavy (non-hydrogen) atoms. The van der Waals surface area contributed by atoms with Gasteiger partial charge in [-0.05, 0) is 38.0 Å². The minimum atomic E-state index is -0.475. The molecular formula is C13H22N2O3. The van der Waals surface area contributed by atoms with Crippen molar-refractivity contribution in [2.45, 2.75) is 57.0 Å². The van der Waals surface area contributed by atoms with Gasteiger partial charge < -0.3 is 15.7 Å². The van der Waals surface area contributed by atoms with Gasteiger partial charge in [-0.1, -0.05) is 6.92 Å². The lowest BCUT2D eigenvalue weighted by Crippen LogP contribution is -2.57. The number of amides is 2. The van der Waals surface area contributed by atoms with Gasteiger partial charge in [0, 0.05) is 6.42 Å². The number of aliphatic hydroxyl groups excluding tert-OH is 1. The Balaban J connectivity index is 1.93. The van der Waals surface area contributed by atoms with Gasteiger partial charge in [-0.25, -0.2) is 0 Å². The van der Waals surface area contributed by atoms with E-state index in [-0.39, 0.29) is 18.4 Å². The molecule has 0 aromatic rings. The zero-order valence-electron chi connectivity index (χ0n) is 10.9. The number of carbonyl (C=O) groups excluding carboxylic acids is 2. The fourth-order valence-electron chi connectivity index (χ4n) is 2.80. The largest absolute Gasteiger partial charge is 0.394 e. The van der Waals surface area contributed by atoms with Gasteiger partial charge in [0.05, 0.1) is 12.1 Å². The highest BCUT2D eigenvalue weighted by Crippen LogP contribution is 2.31. The molecule has 0 bridgehead atoms. The third-order valence-electron chi connectivity index (χ3n) is 4.23. The van der Waals surface area contributed by atoms with E-state index in [9.17, 15) is 14.7 Å². The van der Waals surface area contributed by atoms with Crippen LogP contribution in [0.3, 0.4) is 0 Å². The van der Waals surface area contributed by atoms with Crippen LogP contribution in [0.15, 0.2) is 0 Å². The first kappa shape index (κ1) is 13.3. The molecule has 5 heteroatoms. The summed E-state index contributed by atoms with van der Waals surface area (Å²) in [6.45, 7) is 2.17. The third-order valence-corrected chi connectivity index (χ3v) is 4.23. The van der Waals surface area contributed by atoms with Gasteiger partial charge in [0.1, 0.15) is 6.04 Å². The number of hydrogen-bond acceptors (Lipinski definition) is 3. The molecule has 0 spiro atoms. The summed E-state index contributed by atoms with van der Waals surface area (Å²) in [6.07, 6.45) is 4.66. The molecule has 1 aliphatic carbocycles. The second kappa shape index (κ2) is 5.26. The van der Waals surface area contributed by atoms with Gasteiger partial charge >= 0.3 is 0 Å². The smallest absolute Gasteiger partial charge is 0.243 e. The lowest BCUT2D eigenvalue weighted by molar-refractivity contribution is -0.128. The van der Waals surface area contributed by atoms with Crippen molar-refractivity contribution >= 4 is 11.8 Å². The molecule has 0 aromatic carbocycles. The quantitative estimate of drug-likeness (QED) is 0.679. The number of aliphatic hydroxyl groups is 1. The highest BCUT2D eigenvalue weighted by molar-refractivity contribution is 5.91. The minimum absolute atomic E-state index is 0.0217. The van der Waals surface area contributed by atoms with Gasteiger partial charge in [-0.2, -0.15) is 0 Å². The Kier molecular flexibility index (Phi) is 3.90. The van der Waals surface area contributed by atoms with Gasteiger partial charge in [0.25, 0.3) is 0 Å². The van der Waals surface area contributed by atoms with Crippen LogP contribution in [-0.4, -0.2) is 35.1 Å². The summed E-state index contributed by atoms with van der Waals surface area (Å²) in [4.78, 5) is 23.2. The summed E-state index contributed by atoms with van der Waals surface area (Å²) in [5.74, 6) is 0.447. The summed E-state index contributed by atoms with van der Waals surface area (Å²) < 4.78 is 0. The maximum absolute atomic E-state index is 12.1. The highest BCUT2D eigenvalue weighted by Gasteiger charge is 2.37. The van der Waals surface area contributed by atoms with Gasteiger partial charge in [0.2, 0.25) is 11.8 Å². The van der Waals surface area contributed by atoms with E-state index in [1.807, 2.05) is 0 Å². The van der Waals surface area contributed by atoms with Crippen molar-refractivity contribution in [1.82, 2.24) is 10.6 Å². The molecule has 0 radical (unpaired) electrons. The Hall–Kier alpha value is -1.10. The number of nitrogens with one attached hydrogen (secondary N) is 2. The molecule has 1 saturated heterocycles. The molecule has 3 N–H and O–H groups in total. The topological polar surface area (TPSA) is 78.4 Å². The van der Waals surface area contributed by atoms with Crippen molar-refractivity contribution < 1.29 is 14.7 Å². The van der Waals surface area contributed by atoms with Crippen LogP contribution in [0.1, 0.15) is 45.4 Å². The first-order valence-electron chi connectivity index (χ1n) is 6.77. The van der Waals surface area contributed by atoms with E-state index in [0.717, 1.165) is 25.7 Å². The molecule has 2 aliphatic rings. The highest BCUT2D eigenvalue weighted by atomic mass is 16.3. The van der Waals surface area contributed by atoms with E-state index in [1.165, 1.54) is 0 Å². The van der Waals surface area contributed by atoms with Crippen molar-refractivity contribution in [3.8, 4) is 0 Å². The van der Waals surface area contributed by atoms with Gasteiger partial charge in [0.15, 0.2) is 0 Å². The van der Waals surface area contributed by atoms with E-state index < -0.39 is 11.6 Å². The summed E-state index contributed by atoms with van der Waals surface area (Å²) in [5.41, 5.74) is -0.475. The van der Waals surface area contributed by atoms with Crippen molar-refractivity contribution in [3.05, 3.63) is 0 Å². The molecule has 1 unspecified atom stereocenters. The molecule has 2 amide bonds. The average molecular weight is 254 g/mol. The second-order valence-electron chi connectivity index (χ2n) is 5.77. The summed E-state index contributed by atoms with van der Waals surface area (Å²) in [7, 11) is 0. The fraction of sp³-hybridized carbons (Fsp3) is 0.846. The fourth-order valence-corrected chi connectivity index (χ4v) is 2.80. The van der Waals surface area contributed by atoms with E-state index in [2.05, 4.69) is 17.6 Å². The standard InChI is InChI=1S/C13H22N2O3/c1-9-4-6-13(8-16,7-5-9)15-12(18)10-2-3-11(17)14-10/h9-10,16H,2-8H2,1H3,(H,14,17)(H,15,18). The van der Waals surface area contributed by atoms with Crippen LogP contribution in [0.25, 0.3) is 0 Å². The van der Waals surface area contributed by atoms with Crippen molar-refractivity contribution in [2.24, 2.45) is 5.92 Å². The monoisotopic (exact) mass is 254 g/mol. The lowest BCUT2D eigenvalue weighted by atomic mass is 9.77. The molecule has 1 atom stereocenters. The summed E-state index contributed by atoms with van der Waals surface area (Å²) >= 11 is 0. The van der Waals surface area contributed by atoms with Gasteiger partial charge in [-0.15, -0.1) is 0 Å². The normalized spacial score (nSPS) is 36.2. The maximum Gasteiger partial charge on any atom is 0.243 e. The van der Waals surface area contributed by atoms with Crippen LogP contribution in [-0.2, 0) is 9.59 Å². The molecule has 2 fully saturated rings. The Labute approximate surface area is 107 Å². The average Bonchev–Trinajstić information content (AvgIpc) is 2.79. The molecule has 5 nitrogen and oxygen atoms in total. The second-order valence-corrected chi connectivity index (χ2v) is 5.77. The Morgan fingerprint density at radius 1 is 1.44 bits per heavy atom. The number of hydrogen-bond donors (Lipinski definition) is 3. The van der Waals surface area contributed by atoms with Crippen LogP contribution in [0, 0.1) is 5.92 Å². The Morgan fingerprint density at radius 3 is 2.61 bits per heavy atom. The first-order valence-corrected chi connectivity index (χ1v) is 6.77. The number of rotatable bonds is 3. The number of carbonyl (C=O) groups is 2. The van der Waals surface area contributed by atoms with E-state index in [0.29, 0.717) is 18.8 Å². The molecule has 1 heterocycles. The predicted octanol–water partition coefficient (Wildman–Crippen LogP) is 0.322. The minimum Gasteiger partial charge on any atom is -0.394 e. The van der Waals surface area contributed by atoms with Crippen LogP contribution in [0.2, 0.25) is 0 Å². The zero-order chi connectivity index (χ0) is 13.2. The molecular weight excluding hydrogens is 232 g/mol. The van der Waals surface area contributed by atoms with E-state index >= 15 is 0 Å².